The van der Waals surface area contributed by atoms with Crippen molar-refractivity contribution in [2.24, 2.45) is 5.92 Å². The Morgan fingerprint density at radius 3 is 2.43 bits per heavy atom. The van der Waals surface area contributed by atoms with Crippen molar-refractivity contribution in [2.75, 3.05) is 5.32 Å². The lowest BCUT2D eigenvalue weighted by atomic mass is 9.76. The number of ketones is 1. The fourth-order valence-electron chi connectivity index (χ4n) is 4.58. The molecule has 0 radical (unpaired) electrons. The lowest BCUT2D eigenvalue weighted by molar-refractivity contribution is 0.103. The molecule has 1 N–H and O–H groups in total. The average Bonchev–Trinajstić information content (AvgIpc) is 3.24. The van der Waals surface area contributed by atoms with Crippen molar-refractivity contribution in [1.82, 2.24) is 0 Å². The predicted molar refractivity (Wildman–Crippen MR) is 114 cm³/mol. The number of hydrogen-bond donors (Lipinski definition) is 1. The molecule has 0 spiro atoms. The standard InChI is InChI=1S/C25H20ClNO/c26-18-14-21-19-12-7-13-20(19)23(16-8-3-1-4-9-16)27-24(21)22(15-18)25(28)17-10-5-2-6-11-17/h1-12,14-15,19-20,23,27H,13H2/t19-,20-,23+/m0/s1. The number of nitrogens with one attached hydrogen (secondary N) is 1. The molecule has 0 aromatic heterocycles. The van der Waals surface area contributed by atoms with Gasteiger partial charge in [0.2, 0.25) is 0 Å². The molecule has 0 fully saturated rings. The lowest BCUT2D eigenvalue weighted by Crippen LogP contribution is -2.30. The summed E-state index contributed by atoms with van der Waals surface area (Å²) >= 11 is 6.45. The lowest BCUT2D eigenvalue weighted by Gasteiger charge is -2.38. The molecule has 138 valence electrons. The second-order valence-corrected chi connectivity index (χ2v) is 7.94. The first-order chi connectivity index (χ1) is 13.7. The third kappa shape index (κ3) is 2.85. The summed E-state index contributed by atoms with van der Waals surface area (Å²) in [5.74, 6) is 0.689. The number of carbonyl (C=O) groups is 1. The molecule has 1 aliphatic heterocycles. The zero-order chi connectivity index (χ0) is 19.1. The number of benzene rings is 3. The molecule has 1 heterocycles. The van der Waals surface area contributed by atoms with Gasteiger partial charge in [-0.15, -0.1) is 0 Å². The zero-order valence-electron chi connectivity index (χ0n) is 15.3. The van der Waals surface area contributed by atoms with Crippen LogP contribution in [-0.4, -0.2) is 5.78 Å². The number of carbonyl (C=O) groups excluding carboxylic acids is 1. The maximum absolute atomic E-state index is 13.3. The van der Waals surface area contributed by atoms with Crippen LogP contribution in [0, 0.1) is 5.92 Å². The van der Waals surface area contributed by atoms with Gasteiger partial charge in [-0.2, -0.15) is 0 Å². The van der Waals surface area contributed by atoms with E-state index in [1.54, 1.807) is 6.07 Å². The highest BCUT2D eigenvalue weighted by Gasteiger charge is 2.39. The molecule has 2 aliphatic rings. The molecular weight excluding hydrogens is 366 g/mol. The van der Waals surface area contributed by atoms with Crippen molar-refractivity contribution in [3.8, 4) is 0 Å². The number of anilines is 1. The molecule has 0 saturated heterocycles. The molecule has 3 atom stereocenters. The number of halogens is 1. The van der Waals surface area contributed by atoms with Gasteiger partial charge in [-0.3, -0.25) is 4.79 Å². The van der Waals surface area contributed by atoms with Gasteiger partial charge in [0, 0.05) is 27.8 Å². The molecule has 1 aliphatic carbocycles. The van der Waals surface area contributed by atoms with E-state index in [2.05, 4.69) is 41.7 Å². The molecule has 2 nitrogen and oxygen atoms in total. The maximum atomic E-state index is 13.3. The Kier molecular flexibility index (Phi) is 4.29. The molecule has 0 amide bonds. The molecular formula is C25H20ClNO. The Morgan fingerprint density at radius 2 is 1.68 bits per heavy atom. The van der Waals surface area contributed by atoms with E-state index in [9.17, 15) is 4.79 Å². The summed E-state index contributed by atoms with van der Waals surface area (Å²) in [5, 5.41) is 4.32. The topological polar surface area (TPSA) is 29.1 Å². The van der Waals surface area contributed by atoms with Gasteiger partial charge in [-0.1, -0.05) is 84.4 Å². The molecule has 3 aromatic rings. The summed E-state index contributed by atoms with van der Waals surface area (Å²) < 4.78 is 0. The van der Waals surface area contributed by atoms with Crippen LogP contribution in [0.2, 0.25) is 5.02 Å². The van der Waals surface area contributed by atoms with Crippen molar-refractivity contribution < 1.29 is 4.79 Å². The Bertz CT molecular complexity index is 1060. The predicted octanol–water partition coefficient (Wildman–Crippen LogP) is 6.40. The van der Waals surface area contributed by atoms with Crippen LogP contribution in [-0.2, 0) is 0 Å². The monoisotopic (exact) mass is 385 g/mol. The van der Waals surface area contributed by atoms with Crippen LogP contribution in [0.5, 0.6) is 0 Å². The third-order valence-electron chi connectivity index (χ3n) is 5.87. The van der Waals surface area contributed by atoms with Gasteiger partial charge in [-0.05, 0) is 35.6 Å². The van der Waals surface area contributed by atoms with Crippen LogP contribution in [0.15, 0.2) is 84.9 Å². The van der Waals surface area contributed by atoms with Crippen molar-refractivity contribution in [1.29, 1.82) is 0 Å². The summed E-state index contributed by atoms with van der Waals surface area (Å²) in [5.41, 5.74) is 4.61. The zero-order valence-corrected chi connectivity index (χ0v) is 16.1. The molecule has 0 saturated carbocycles. The maximum Gasteiger partial charge on any atom is 0.195 e. The highest BCUT2D eigenvalue weighted by molar-refractivity contribution is 6.31. The smallest absolute Gasteiger partial charge is 0.195 e. The molecule has 0 bridgehead atoms. The van der Waals surface area contributed by atoms with Crippen LogP contribution < -0.4 is 5.32 Å². The van der Waals surface area contributed by atoms with Gasteiger partial charge in [0.25, 0.3) is 0 Å². The minimum absolute atomic E-state index is 0.000844. The first-order valence-corrected chi connectivity index (χ1v) is 10.0. The van der Waals surface area contributed by atoms with Gasteiger partial charge in [0.05, 0.1) is 6.04 Å². The molecule has 28 heavy (non-hydrogen) atoms. The number of fused-ring (bicyclic) bond motifs is 3. The van der Waals surface area contributed by atoms with Crippen molar-refractivity contribution in [3.05, 3.63) is 112 Å². The second-order valence-electron chi connectivity index (χ2n) is 7.50. The minimum atomic E-state index is -0.000844. The van der Waals surface area contributed by atoms with Crippen LogP contribution in [0.25, 0.3) is 0 Å². The summed E-state index contributed by atoms with van der Waals surface area (Å²) in [6.45, 7) is 0. The molecule has 3 heteroatoms. The number of hydrogen-bond acceptors (Lipinski definition) is 2. The average molecular weight is 386 g/mol. The highest BCUT2D eigenvalue weighted by Crippen LogP contribution is 2.51. The number of allylic oxidation sites excluding steroid dienone is 2. The van der Waals surface area contributed by atoms with E-state index in [-0.39, 0.29) is 17.7 Å². The van der Waals surface area contributed by atoms with Gasteiger partial charge >= 0.3 is 0 Å². The Labute approximate surface area is 169 Å². The Morgan fingerprint density at radius 1 is 0.964 bits per heavy atom. The largest absolute Gasteiger partial charge is 0.377 e. The fourth-order valence-corrected chi connectivity index (χ4v) is 4.81. The van der Waals surface area contributed by atoms with Crippen molar-refractivity contribution in [2.45, 2.75) is 18.4 Å². The SMILES string of the molecule is O=C(c1ccccc1)c1cc(Cl)cc2c1N[C@H](c1ccccc1)[C@H]1CC=C[C@H]21. The molecule has 3 aromatic carbocycles. The van der Waals surface area contributed by atoms with E-state index in [4.69, 9.17) is 11.6 Å². The summed E-state index contributed by atoms with van der Waals surface area (Å²) in [6, 6.07) is 23.9. The first kappa shape index (κ1) is 17.3. The van der Waals surface area contributed by atoms with E-state index in [0.29, 0.717) is 22.1 Å². The van der Waals surface area contributed by atoms with Crippen LogP contribution in [0.4, 0.5) is 5.69 Å². The molecule has 5 rings (SSSR count). The fraction of sp³-hybridized carbons (Fsp3) is 0.160. The minimum Gasteiger partial charge on any atom is -0.377 e. The highest BCUT2D eigenvalue weighted by atomic mass is 35.5. The van der Waals surface area contributed by atoms with E-state index < -0.39 is 0 Å². The summed E-state index contributed by atoms with van der Waals surface area (Å²) in [6.07, 6.45) is 5.54. The Hall–Kier alpha value is -2.84. The third-order valence-corrected chi connectivity index (χ3v) is 6.09. The number of rotatable bonds is 3. The van der Waals surface area contributed by atoms with Gasteiger partial charge in [-0.25, -0.2) is 0 Å². The quantitative estimate of drug-likeness (QED) is 0.417. The van der Waals surface area contributed by atoms with Crippen molar-refractivity contribution in [3.63, 3.8) is 0 Å². The van der Waals surface area contributed by atoms with E-state index in [1.165, 1.54) is 5.56 Å². The van der Waals surface area contributed by atoms with Gasteiger partial charge in [0.15, 0.2) is 5.78 Å². The van der Waals surface area contributed by atoms with Gasteiger partial charge < -0.3 is 5.32 Å². The van der Waals surface area contributed by atoms with E-state index in [1.807, 2.05) is 42.5 Å². The first-order valence-electron chi connectivity index (χ1n) is 9.64. The van der Waals surface area contributed by atoms with E-state index in [0.717, 1.165) is 17.7 Å². The molecule has 0 unspecified atom stereocenters. The second kappa shape index (κ2) is 6.96. The Balaban J connectivity index is 1.66. The van der Waals surface area contributed by atoms with Crippen LogP contribution >= 0.6 is 11.6 Å². The van der Waals surface area contributed by atoms with Crippen LogP contribution in [0.1, 0.15) is 45.4 Å². The van der Waals surface area contributed by atoms with Crippen LogP contribution in [0.3, 0.4) is 0 Å². The van der Waals surface area contributed by atoms with Crippen molar-refractivity contribution >= 4 is 23.1 Å². The van der Waals surface area contributed by atoms with E-state index >= 15 is 0 Å². The summed E-state index contributed by atoms with van der Waals surface area (Å²) in [7, 11) is 0. The normalized spacial score (nSPS) is 22.2. The summed E-state index contributed by atoms with van der Waals surface area (Å²) in [4.78, 5) is 13.3. The van der Waals surface area contributed by atoms with Gasteiger partial charge in [0.1, 0.15) is 0 Å².